The first-order chi connectivity index (χ1) is 13.2. The van der Waals surface area contributed by atoms with Crippen LogP contribution in [0.1, 0.15) is 35.7 Å². The number of carbonyl (C=O) groups is 1. The van der Waals surface area contributed by atoms with Crippen LogP contribution in [0.25, 0.3) is 0 Å². The Morgan fingerprint density at radius 1 is 1.21 bits per heavy atom. The molecule has 0 unspecified atom stereocenters. The van der Waals surface area contributed by atoms with Gasteiger partial charge in [-0.15, -0.1) is 0 Å². The van der Waals surface area contributed by atoms with Crippen molar-refractivity contribution in [2.75, 3.05) is 11.9 Å². The van der Waals surface area contributed by atoms with Crippen LogP contribution >= 0.6 is 34.8 Å². The molecule has 0 heterocycles. The van der Waals surface area contributed by atoms with E-state index in [0.717, 1.165) is 18.9 Å². The SMILES string of the molecule is CCCCOc1cccc(C(=O)NC(=S)Nc2ccc(I)cc2C(F)(F)F)c1. The summed E-state index contributed by atoms with van der Waals surface area (Å²) >= 11 is 6.80. The van der Waals surface area contributed by atoms with E-state index >= 15 is 0 Å². The number of carbonyl (C=O) groups excluding carboxylic acids is 1. The first-order valence-corrected chi connectivity index (χ1v) is 9.91. The van der Waals surface area contributed by atoms with Gasteiger partial charge in [-0.05, 0) is 77.6 Å². The average molecular weight is 522 g/mol. The summed E-state index contributed by atoms with van der Waals surface area (Å²) in [6.07, 6.45) is -2.67. The number of hydrogen-bond acceptors (Lipinski definition) is 3. The van der Waals surface area contributed by atoms with Gasteiger partial charge >= 0.3 is 6.18 Å². The highest BCUT2D eigenvalue weighted by Crippen LogP contribution is 2.35. The highest BCUT2D eigenvalue weighted by molar-refractivity contribution is 14.1. The second kappa shape index (κ2) is 10.1. The molecule has 0 aliphatic carbocycles. The molecule has 2 aromatic rings. The quantitative estimate of drug-likeness (QED) is 0.294. The molecule has 28 heavy (non-hydrogen) atoms. The van der Waals surface area contributed by atoms with E-state index in [1.807, 2.05) is 6.92 Å². The summed E-state index contributed by atoms with van der Waals surface area (Å²) in [7, 11) is 0. The second-order valence-corrected chi connectivity index (χ2v) is 7.48. The molecule has 0 fully saturated rings. The molecule has 0 saturated heterocycles. The van der Waals surface area contributed by atoms with Crippen molar-refractivity contribution in [2.45, 2.75) is 25.9 Å². The standard InChI is InChI=1S/C19H18F3IN2O2S/c1-2-3-9-27-14-6-4-5-12(10-14)17(26)25-18(28)24-16-8-7-13(23)11-15(16)19(20,21)22/h4-8,10-11H,2-3,9H2,1H3,(H2,24,25,26,28). The maximum atomic E-state index is 13.2. The number of unbranched alkanes of at least 4 members (excludes halogenated alkanes) is 1. The van der Waals surface area contributed by atoms with E-state index in [9.17, 15) is 18.0 Å². The number of ether oxygens (including phenoxy) is 1. The van der Waals surface area contributed by atoms with Crippen LogP contribution in [0.4, 0.5) is 18.9 Å². The van der Waals surface area contributed by atoms with Crippen molar-refractivity contribution in [2.24, 2.45) is 0 Å². The van der Waals surface area contributed by atoms with Crippen molar-refractivity contribution in [1.29, 1.82) is 0 Å². The van der Waals surface area contributed by atoms with Gasteiger partial charge in [-0.3, -0.25) is 10.1 Å². The fourth-order valence-electron chi connectivity index (χ4n) is 2.25. The van der Waals surface area contributed by atoms with Crippen LogP contribution in [0.15, 0.2) is 42.5 Å². The molecule has 0 saturated carbocycles. The van der Waals surface area contributed by atoms with Gasteiger partial charge in [0.15, 0.2) is 5.11 Å². The minimum atomic E-state index is -4.55. The van der Waals surface area contributed by atoms with Gasteiger partial charge in [-0.1, -0.05) is 19.4 Å². The molecule has 0 spiro atoms. The monoisotopic (exact) mass is 522 g/mol. The molecule has 0 aliphatic heterocycles. The summed E-state index contributed by atoms with van der Waals surface area (Å²) in [4.78, 5) is 12.3. The Morgan fingerprint density at radius 2 is 1.96 bits per heavy atom. The van der Waals surface area contributed by atoms with Crippen LogP contribution in [0, 0.1) is 3.57 Å². The maximum absolute atomic E-state index is 13.2. The number of rotatable bonds is 6. The Morgan fingerprint density at radius 3 is 2.64 bits per heavy atom. The molecular formula is C19H18F3IN2O2S. The Bertz CT molecular complexity index is 859. The molecular weight excluding hydrogens is 504 g/mol. The number of hydrogen-bond donors (Lipinski definition) is 2. The van der Waals surface area contributed by atoms with Gasteiger partial charge in [0.05, 0.1) is 17.9 Å². The fraction of sp³-hybridized carbons (Fsp3) is 0.263. The van der Waals surface area contributed by atoms with Gasteiger partial charge in [0.2, 0.25) is 0 Å². The molecule has 0 atom stereocenters. The number of alkyl halides is 3. The number of benzene rings is 2. The Balaban J connectivity index is 2.06. The Kier molecular flexibility index (Phi) is 8.05. The molecule has 9 heteroatoms. The smallest absolute Gasteiger partial charge is 0.418 e. The Labute approximate surface area is 180 Å². The number of nitrogens with one attached hydrogen (secondary N) is 2. The molecule has 150 valence electrons. The van der Waals surface area contributed by atoms with Gasteiger partial charge in [0.1, 0.15) is 5.75 Å². The van der Waals surface area contributed by atoms with Gasteiger partial charge in [0, 0.05) is 9.13 Å². The number of anilines is 1. The number of thiocarbonyl (C=S) groups is 1. The lowest BCUT2D eigenvalue weighted by molar-refractivity contribution is -0.137. The molecule has 2 N–H and O–H groups in total. The van der Waals surface area contributed by atoms with Crippen LogP contribution in [0.2, 0.25) is 0 Å². The summed E-state index contributed by atoms with van der Waals surface area (Å²) in [5, 5.41) is 4.61. The van der Waals surface area contributed by atoms with Crippen LogP contribution < -0.4 is 15.4 Å². The zero-order valence-corrected chi connectivity index (χ0v) is 17.9. The number of amides is 1. The highest BCUT2D eigenvalue weighted by atomic mass is 127. The minimum Gasteiger partial charge on any atom is -0.494 e. The average Bonchev–Trinajstić information content (AvgIpc) is 2.63. The second-order valence-electron chi connectivity index (χ2n) is 5.83. The van der Waals surface area contributed by atoms with E-state index in [-0.39, 0.29) is 16.4 Å². The lowest BCUT2D eigenvalue weighted by atomic mass is 10.1. The largest absolute Gasteiger partial charge is 0.494 e. The van der Waals surface area contributed by atoms with Gasteiger partial charge in [-0.25, -0.2) is 0 Å². The summed E-state index contributed by atoms with van der Waals surface area (Å²) in [5.41, 5.74) is -0.797. The fourth-order valence-corrected chi connectivity index (χ4v) is 2.94. The summed E-state index contributed by atoms with van der Waals surface area (Å²) < 4.78 is 45.6. The van der Waals surface area contributed by atoms with Crippen molar-refractivity contribution in [3.63, 3.8) is 0 Å². The lowest BCUT2D eigenvalue weighted by Gasteiger charge is -2.16. The van der Waals surface area contributed by atoms with E-state index in [1.165, 1.54) is 12.1 Å². The predicted octanol–water partition coefficient (Wildman–Crippen LogP) is 5.62. The van der Waals surface area contributed by atoms with Crippen molar-refractivity contribution >= 4 is 51.5 Å². The van der Waals surface area contributed by atoms with Crippen LogP contribution in [-0.4, -0.2) is 17.6 Å². The summed E-state index contributed by atoms with van der Waals surface area (Å²) in [5.74, 6) is -0.00511. The maximum Gasteiger partial charge on any atom is 0.418 e. The minimum absolute atomic E-state index is 0.227. The third kappa shape index (κ3) is 6.62. The van der Waals surface area contributed by atoms with Crippen LogP contribution in [-0.2, 0) is 6.18 Å². The van der Waals surface area contributed by atoms with Crippen molar-refractivity contribution in [1.82, 2.24) is 5.32 Å². The molecule has 0 aliphatic rings. The summed E-state index contributed by atoms with van der Waals surface area (Å²) in [6.45, 7) is 2.58. The topological polar surface area (TPSA) is 50.4 Å². The first kappa shape index (κ1) is 22.4. The third-order valence-corrected chi connectivity index (χ3v) is 4.50. The van der Waals surface area contributed by atoms with Gasteiger partial charge < -0.3 is 10.1 Å². The summed E-state index contributed by atoms with van der Waals surface area (Å²) in [6, 6.07) is 10.3. The van der Waals surface area contributed by atoms with E-state index < -0.39 is 17.6 Å². The molecule has 4 nitrogen and oxygen atoms in total. The van der Waals surface area contributed by atoms with E-state index in [1.54, 1.807) is 46.9 Å². The van der Waals surface area contributed by atoms with Gasteiger partial charge in [0.25, 0.3) is 5.91 Å². The molecule has 1 amide bonds. The molecule has 0 bridgehead atoms. The first-order valence-electron chi connectivity index (χ1n) is 8.42. The van der Waals surface area contributed by atoms with Crippen molar-refractivity contribution in [3.05, 3.63) is 57.2 Å². The van der Waals surface area contributed by atoms with Crippen LogP contribution in [0.3, 0.4) is 0 Å². The zero-order chi connectivity index (χ0) is 20.7. The molecule has 0 aromatic heterocycles. The van der Waals surface area contributed by atoms with E-state index in [4.69, 9.17) is 17.0 Å². The third-order valence-electron chi connectivity index (χ3n) is 3.63. The van der Waals surface area contributed by atoms with Crippen LogP contribution in [0.5, 0.6) is 5.75 Å². The normalized spacial score (nSPS) is 11.0. The zero-order valence-electron chi connectivity index (χ0n) is 14.9. The van der Waals surface area contributed by atoms with E-state index in [0.29, 0.717) is 15.9 Å². The van der Waals surface area contributed by atoms with Gasteiger partial charge in [-0.2, -0.15) is 13.2 Å². The van der Waals surface area contributed by atoms with Crippen molar-refractivity contribution < 1.29 is 22.7 Å². The number of halogens is 4. The highest BCUT2D eigenvalue weighted by Gasteiger charge is 2.34. The lowest BCUT2D eigenvalue weighted by Crippen LogP contribution is -2.34. The molecule has 0 radical (unpaired) electrons. The predicted molar refractivity (Wildman–Crippen MR) is 115 cm³/mol. The Hall–Kier alpha value is -1.88. The van der Waals surface area contributed by atoms with E-state index in [2.05, 4.69) is 10.6 Å². The molecule has 2 aromatic carbocycles. The molecule has 2 rings (SSSR count). The van der Waals surface area contributed by atoms with Crippen molar-refractivity contribution in [3.8, 4) is 5.75 Å².